The van der Waals surface area contributed by atoms with Crippen LogP contribution in [-0.4, -0.2) is 57.6 Å². The Labute approximate surface area is 136 Å². The van der Waals surface area contributed by atoms with Gasteiger partial charge in [-0.25, -0.2) is 4.79 Å². The van der Waals surface area contributed by atoms with Crippen LogP contribution in [-0.2, 0) is 17.8 Å². The van der Waals surface area contributed by atoms with Crippen LogP contribution in [0.3, 0.4) is 0 Å². The number of urea groups is 1. The van der Waals surface area contributed by atoms with E-state index in [1.165, 1.54) is 0 Å². The first-order chi connectivity index (χ1) is 11.1. The third kappa shape index (κ3) is 4.43. The third-order valence-corrected chi connectivity index (χ3v) is 3.86. The fourth-order valence-electron chi connectivity index (χ4n) is 2.61. The second-order valence-electron chi connectivity index (χ2n) is 5.66. The first-order valence-corrected chi connectivity index (χ1v) is 8.22. The summed E-state index contributed by atoms with van der Waals surface area (Å²) in [6.07, 6.45) is 1.98. The van der Waals surface area contributed by atoms with Crippen LogP contribution in [0, 0.1) is 0 Å². The van der Waals surface area contributed by atoms with Crippen molar-refractivity contribution < 1.29 is 14.1 Å². The second-order valence-corrected chi connectivity index (χ2v) is 5.66. The van der Waals surface area contributed by atoms with Crippen LogP contribution in [0.2, 0.25) is 0 Å². The van der Waals surface area contributed by atoms with Gasteiger partial charge in [-0.15, -0.1) is 0 Å². The summed E-state index contributed by atoms with van der Waals surface area (Å²) in [6.45, 7) is 7.98. The van der Waals surface area contributed by atoms with Crippen molar-refractivity contribution in [3.8, 4) is 0 Å². The monoisotopic (exact) mass is 323 g/mol. The first kappa shape index (κ1) is 17.2. The molecule has 1 N–H and O–H groups in total. The highest BCUT2D eigenvalue weighted by molar-refractivity contribution is 5.81. The van der Waals surface area contributed by atoms with Crippen LogP contribution in [0.5, 0.6) is 0 Å². The number of hydrogen-bond acceptors (Lipinski definition) is 5. The molecule has 1 aromatic heterocycles. The predicted molar refractivity (Wildman–Crippen MR) is 83.6 cm³/mol. The Morgan fingerprint density at radius 2 is 2.22 bits per heavy atom. The largest absolute Gasteiger partial charge is 0.341 e. The third-order valence-electron chi connectivity index (χ3n) is 3.86. The van der Waals surface area contributed by atoms with Crippen molar-refractivity contribution in [3.05, 3.63) is 11.7 Å². The Balaban J connectivity index is 1.89. The molecule has 2 rings (SSSR count). The molecule has 0 aliphatic carbocycles. The molecule has 8 nitrogen and oxygen atoms in total. The summed E-state index contributed by atoms with van der Waals surface area (Å²) in [6, 6.07) is -0.343. The topological polar surface area (TPSA) is 91.6 Å². The Kier molecular flexibility index (Phi) is 5.95. The Morgan fingerprint density at radius 3 is 2.83 bits per heavy atom. The summed E-state index contributed by atoms with van der Waals surface area (Å²) in [5.74, 6) is 1.16. The summed E-state index contributed by atoms with van der Waals surface area (Å²) in [7, 11) is 0. The van der Waals surface area contributed by atoms with Gasteiger partial charge in [0.05, 0.1) is 6.04 Å². The summed E-state index contributed by atoms with van der Waals surface area (Å²) < 4.78 is 5.13. The van der Waals surface area contributed by atoms with Gasteiger partial charge in [0.2, 0.25) is 11.8 Å². The lowest BCUT2D eigenvalue weighted by molar-refractivity contribution is -0.127. The van der Waals surface area contributed by atoms with Crippen LogP contribution in [0.1, 0.15) is 45.3 Å². The number of hydrogen-bond donors (Lipinski definition) is 1. The highest BCUT2D eigenvalue weighted by atomic mass is 16.5. The highest BCUT2D eigenvalue weighted by Gasteiger charge is 2.31. The van der Waals surface area contributed by atoms with Crippen molar-refractivity contribution in [1.29, 1.82) is 0 Å². The normalized spacial score (nSPS) is 17.6. The maximum absolute atomic E-state index is 12.4. The summed E-state index contributed by atoms with van der Waals surface area (Å²) >= 11 is 0. The van der Waals surface area contributed by atoms with E-state index in [-0.39, 0.29) is 24.5 Å². The average Bonchev–Trinajstić information content (AvgIpc) is 3.12. The minimum atomic E-state index is -0.208. The maximum atomic E-state index is 12.4. The Bertz CT molecular complexity index is 545. The highest BCUT2D eigenvalue weighted by Crippen LogP contribution is 2.12. The van der Waals surface area contributed by atoms with Gasteiger partial charge in [-0.05, 0) is 13.3 Å². The summed E-state index contributed by atoms with van der Waals surface area (Å²) in [4.78, 5) is 31.8. The molecule has 1 aromatic rings. The minimum Gasteiger partial charge on any atom is -0.341 e. The average molecular weight is 323 g/mol. The molecular formula is C15H25N5O3. The van der Waals surface area contributed by atoms with Gasteiger partial charge >= 0.3 is 6.03 Å². The van der Waals surface area contributed by atoms with E-state index >= 15 is 0 Å². The molecule has 0 bridgehead atoms. The van der Waals surface area contributed by atoms with Crippen LogP contribution >= 0.6 is 0 Å². The number of aryl methyl sites for hydroxylation is 1. The SMILES string of the molecule is CCCN1CC(NC(=O)N(CC)Cc2nc(CC)no2)CC1=O. The molecule has 1 saturated heterocycles. The zero-order chi connectivity index (χ0) is 16.8. The lowest BCUT2D eigenvalue weighted by Crippen LogP contribution is -2.45. The number of nitrogens with one attached hydrogen (secondary N) is 1. The first-order valence-electron chi connectivity index (χ1n) is 8.22. The molecule has 0 radical (unpaired) electrons. The molecule has 0 aromatic carbocycles. The molecule has 1 atom stereocenters. The van der Waals surface area contributed by atoms with Gasteiger partial charge in [-0.3, -0.25) is 4.79 Å². The van der Waals surface area contributed by atoms with Crippen LogP contribution in [0.25, 0.3) is 0 Å². The molecule has 0 saturated carbocycles. The zero-order valence-electron chi connectivity index (χ0n) is 14.0. The molecular weight excluding hydrogens is 298 g/mol. The molecule has 2 heterocycles. The fraction of sp³-hybridized carbons (Fsp3) is 0.733. The van der Waals surface area contributed by atoms with Gasteiger partial charge < -0.3 is 19.6 Å². The van der Waals surface area contributed by atoms with E-state index in [1.54, 1.807) is 9.80 Å². The van der Waals surface area contributed by atoms with Crippen molar-refractivity contribution in [2.45, 2.75) is 52.6 Å². The molecule has 1 aliphatic rings. The van der Waals surface area contributed by atoms with Gasteiger partial charge in [-0.2, -0.15) is 4.98 Å². The van der Waals surface area contributed by atoms with Gasteiger partial charge in [0.25, 0.3) is 0 Å². The summed E-state index contributed by atoms with van der Waals surface area (Å²) in [5.41, 5.74) is 0. The van der Waals surface area contributed by atoms with Gasteiger partial charge in [-0.1, -0.05) is 19.0 Å². The Hall–Kier alpha value is -2.12. The maximum Gasteiger partial charge on any atom is 0.318 e. The molecule has 1 aliphatic heterocycles. The van der Waals surface area contributed by atoms with E-state index in [4.69, 9.17) is 4.52 Å². The number of rotatable bonds is 7. The quantitative estimate of drug-likeness (QED) is 0.813. The zero-order valence-corrected chi connectivity index (χ0v) is 14.0. The number of aromatic nitrogens is 2. The van der Waals surface area contributed by atoms with E-state index in [9.17, 15) is 9.59 Å². The number of likely N-dealkylation sites (tertiary alicyclic amines) is 1. The molecule has 128 valence electrons. The van der Waals surface area contributed by atoms with E-state index in [2.05, 4.69) is 15.5 Å². The van der Waals surface area contributed by atoms with Crippen molar-refractivity contribution in [2.24, 2.45) is 0 Å². The molecule has 1 unspecified atom stereocenters. The van der Waals surface area contributed by atoms with Gasteiger partial charge in [0, 0.05) is 32.5 Å². The molecule has 8 heteroatoms. The smallest absolute Gasteiger partial charge is 0.318 e. The molecule has 23 heavy (non-hydrogen) atoms. The minimum absolute atomic E-state index is 0.102. The molecule has 0 spiro atoms. The van der Waals surface area contributed by atoms with Crippen LogP contribution in [0.15, 0.2) is 4.52 Å². The second kappa shape index (κ2) is 7.94. The van der Waals surface area contributed by atoms with Gasteiger partial charge in [0.1, 0.15) is 6.54 Å². The summed E-state index contributed by atoms with van der Waals surface area (Å²) in [5, 5.41) is 6.75. The van der Waals surface area contributed by atoms with Crippen molar-refractivity contribution in [1.82, 2.24) is 25.3 Å². The van der Waals surface area contributed by atoms with Crippen molar-refractivity contribution in [3.63, 3.8) is 0 Å². The number of carbonyl (C=O) groups is 2. The standard InChI is InChI=1S/C15H25N5O3/c1-4-7-20-9-11(8-14(20)21)16-15(22)19(6-3)10-13-17-12(5-2)18-23-13/h11H,4-10H2,1-3H3,(H,16,22). The lowest BCUT2D eigenvalue weighted by atomic mass is 10.2. The van der Waals surface area contributed by atoms with E-state index in [0.717, 1.165) is 13.0 Å². The van der Waals surface area contributed by atoms with Gasteiger partial charge in [0.15, 0.2) is 5.82 Å². The number of amides is 3. The molecule has 1 fully saturated rings. The fourth-order valence-corrected chi connectivity index (χ4v) is 2.61. The predicted octanol–water partition coefficient (Wildman–Crippen LogP) is 1.17. The van der Waals surface area contributed by atoms with E-state index < -0.39 is 0 Å². The number of carbonyl (C=O) groups excluding carboxylic acids is 2. The van der Waals surface area contributed by atoms with E-state index in [1.807, 2.05) is 20.8 Å². The Morgan fingerprint density at radius 1 is 1.43 bits per heavy atom. The lowest BCUT2D eigenvalue weighted by Gasteiger charge is -2.22. The van der Waals surface area contributed by atoms with Crippen molar-refractivity contribution >= 4 is 11.9 Å². The van der Waals surface area contributed by atoms with E-state index in [0.29, 0.717) is 37.6 Å². The van der Waals surface area contributed by atoms with Crippen LogP contribution in [0.4, 0.5) is 4.79 Å². The molecule has 3 amide bonds. The van der Waals surface area contributed by atoms with Crippen LogP contribution < -0.4 is 5.32 Å². The van der Waals surface area contributed by atoms with Crippen molar-refractivity contribution in [2.75, 3.05) is 19.6 Å². The number of nitrogens with zero attached hydrogens (tertiary/aromatic N) is 4.